The van der Waals surface area contributed by atoms with Crippen molar-refractivity contribution in [2.75, 3.05) is 0 Å². The van der Waals surface area contributed by atoms with Gasteiger partial charge in [-0.2, -0.15) is 0 Å². The monoisotopic (exact) mass is 134 g/mol. The van der Waals surface area contributed by atoms with E-state index in [0.29, 0.717) is 11.2 Å². The summed E-state index contributed by atoms with van der Waals surface area (Å²) in [5.74, 6) is -0.0671. The predicted octanol–water partition coefficient (Wildman–Crippen LogP) is 1.10. The maximum atomic E-state index is 10.9. The van der Waals surface area contributed by atoms with E-state index in [1.165, 1.54) is 18.6 Å². The van der Waals surface area contributed by atoms with Crippen LogP contribution in [0.1, 0.15) is 0 Å². The van der Waals surface area contributed by atoms with Gasteiger partial charge in [-0.1, -0.05) is 0 Å². The summed E-state index contributed by atoms with van der Waals surface area (Å²) in [7, 11) is 0. The maximum absolute atomic E-state index is 10.9. The van der Waals surface area contributed by atoms with Crippen LogP contribution in [0, 0.1) is 0 Å². The summed E-state index contributed by atoms with van der Waals surface area (Å²) in [5.41, 5.74) is 0.954. The Labute approximate surface area is 56.6 Å². The smallest absolute Gasteiger partial charge is 0.207 e. The average Bonchev–Trinajstić information content (AvgIpc) is 2.36. The first kappa shape index (κ1) is 5.22. The highest BCUT2D eigenvalue weighted by Gasteiger charge is 2.01. The van der Waals surface area contributed by atoms with Crippen molar-refractivity contribution in [2.45, 2.75) is 0 Å². The quantitative estimate of drug-likeness (QED) is 0.586. The van der Waals surface area contributed by atoms with E-state index in [2.05, 4.69) is 15.0 Å². The molecule has 49 valence electrons. The van der Waals surface area contributed by atoms with E-state index < -0.39 is 0 Å². The van der Waals surface area contributed by atoms with E-state index in [4.69, 9.17) is 0 Å². The summed E-state index contributed by atoms with van der Waals surface area (Å²) in [6.45, 7) is 0. The van der Waals surface area contributed by atoms with Crippen molar-refractivity contribution in [2.24, 2.45) is 0 Å². The number of nitrogens with zero attached hydrogens (tertiary/aromatic N) is 2. The van der Waals surface area contributed by atoms with Crippen molar-refractivity contribution in [3.05, 3.63) is 18.6 Å². The highest BCUT2D eigenvalue weighted by atomic mass is 16.3. The third-order valence-corrected chi connectivity index (χ3v) is 1.29. The van der Waals surface area contributed by atoms with Crippen molar-refractivity contribution in [3.8, 4) is 5.75 Å². The van der Waals surface area contributed by atoms with Crippen molar-refractivity contribution >= 4 is 11.2 Å². The highest BCUT2D eigenvalue weighted by Crippen LogP contribution is 2.17. The Balaban J connectivity index is 2.95. The molecule has 4 nitrogen and oxygen atoms in total. The predicted molar refractivity (Wildman–Crippen MR) is 34.0 cm³/mol. The van der Waals surface area contributed by atoms with Gasteiger partial charge in [-0.3, -0.25) is 5.11 Å². The van der Waals surface area contributed by atoms with Crippen LogP contribution >= 0.6 is 0 Å². The highest BCUT2D eigenvalue weighted by molar-refractivity contribution is 5.76. The molecule has 0 unspecified atom stereocenters. The number of aromatic nitrogens is 3. The number of fused-ring (bicyclic) bond motifs is 1. The number of hydrogen-bond acceptors (Lipinski definition) is 2. The van der Waals surface area contributed by atoms with Gasteiger partial charge in [-0.05, 0) is 0 Å². The second-order valence-corrected chi connectivity index (χ2v) is 1.91. The van der Waals surface area contributed by atoms with E-state index in [0.717, 1.165) is 0 Å². The minimum absolute atomic E-state index is 0.0671. The van der Waals surface area contributed by atoms with Crippen LogP contribution in [0.25, 0.3) is 11.2 Å². The number of nitrogens with one attached hydrogen (secondary N) is 1. The minimum Gasteiger partial charge on any atom is -0.340 e. The van der Waals surface area contributed by atoms with Crippen LogP contribution in [-0.4, -0.2) is 15.0 Å². The van der Waals surface area contributed by atoms with Crippen LogP contribution in [0.3, 0.4) is 0 Å². The van der Waals surface area contributed by atoms with Gasteiger partial charge in [0.15, 0.2) is 5.65 Å². The number of rotatable bonds is 0. The third kappa shape index (κ3) is 0.556. The van der Waals surface area contributed by atoms with Gasteiger partial charge in [0, 0.05) is 12.3 Å². The Kier molecular flexibility index (Phi) is 0.887. The molecular formula is C6H4N3O. The lowest BCUT2D eigenvalue weighted by molar-refractivity contribution is 0.359. The number of H-pyrrole nitrogens is 1. The summed E-state index contributed by atoms with van der Waals surface area (Å²) >= 11 is 0. The molecule has 0 saturated carbocycles. The van der Waals surface area contributed by atoms with Crippen molar-refractivity contribution in [1.29, 1.82) is 0 Å². The summed E-state index contributed by atoms with van der Waals surface area (Å²) in [6, 6.07) is 1.40. The average molecular weight is 134 g/mol. The van der Waals surface area contributed by atoms with E-state index in [1.807, 2.05) is 0 Å². The molecule has 0 aliphatic rings. The Morgan fingerprint density at radius 2 is 2.30 bits per heavy atom. The summed E-state index contributed by atoms with van der Waals surface area (Å²) in [6.07, 6.45) is 2.91. The second kappa shape index (κ2) is 1.70. The molecule has 0 aliphatic heterocycles. The summed E-state index contributed by atoms with van der Waals surface area (Å²) in [4.78, 5) is 10.4. The normalized spacial score (nSPS) is 10.4. The van der Waals surface area contributed by atoms with Gasteiger partial charge in [0.1, 0.15) is 5.52 Å². The van der Waals surface area contributed by atoms with E-state index >= 15 is 0 Å². The van der Waals surface area contributed by atoms with Crippen molar-refractivity contribution in [3.63, 3.8) is 0 Å². The molecule has 0 bridgehead atoms. The van der Waals surface area contributed by atoms with Crippen molar-refractivity contribution in [1.82, 2.24) is 15.0 Å². The summed E-state index contributed by atoms with van der Waals surface area (Å²) < 4.78 is 0. The van der Waals surface area contributed by atoms with Gasteiger partial charge in [0.2, 0.25) is 5.75 Å². The lowest BCUT2D eigenvalue weighted by atomic mass is 10.4. The van der Waals surface area contributed by atoms with Gasteiger partial charge >= 0.3 is 0 Å². The lowest BCUT2D eigenvalue weighted by Gasteiger charge is -1.85. The van der Waals surface area contributed by atoms with Crippen LogP contribution in [0.4, 0.5) is 0 Å². The molecular weight excluding hydrogens is 130 g/mol. The number of aromatic amines is 1. The van der Waals surface area contributed by atoms with E-state index in [9.17, 15) is 5.11 Å². The van der Waals surface area contributed by atoms with Crippen LogP contribution < -0.4 is 0 Å². The molecule has 0 saturated heterocycles. The molecule has 0 aromatic carbocycles. The van der Waals surface area contributed by atoms with E-state index in [1.54, 1.807) is 0 Å². The molecule has 0 amide bonds. The third-order valence-electron chi connectivity index (χ3n) is 1.29. The van der Waals surface area contributed by atoms with Gasteiger partial charge in [0.05, 0.1) is 6.33 Å². The fourth-order valence-corrected chi connectivity index (χ4v) is 0.825. The molecule has 2 heterocycles. The first-order valence-electron chi connectivity index (χ1n) is 2.83. The molecule has 4 heteroatoms. The van der Waals surface area contributed by atoms with Crippen molar-refractivity contribution < 1.29 is 5.11 Å². The number of pyridine rings is 1. The standard InChI is InChI=1S/C6H4N3O/c10-4-1-2-7-6-5(4)8-3-9-6/h1-3H,(H,7,8,9). The first-order chi connectivity index (χ1) is 4.88. The zero-order chi connectivity index (χ0) is 6.97. The molecule has 2 aromatic heterocycles. The fourth-order valence-electron chi connectivity index (χ4n) is 0.825. The number of imidazole rings is 1. The van der Waals surface area contributed by atoms with Crippen LogP contribution in [-0.2, 0) is 5.11 Å². The molecule has 1 N–H and O–H groups in total. The zero-order valence-electron chi connectivity index (χ0n) is 5.03. The molecule has 10 heavy (non-hydrogen) atoms. The molecule has 0 aliphatic carbocycles. The zero-order valence-corrected chi connectivity index (χ0v) is 5.03. The van der Waals surface area contributed by atoms with Crippen LogP contribution in [0.15, 0.2) is 18.6 Å². The van der Waals surface area contributed by atoms with Gasteiger partial charge in [-0.25, -0.2) is 9.97 Å². The maximum Gasteiger partial charge on any atom is 0.207 e. The minimum atomic E-state index is -0.0671. The molecule has 0 atom stereocenters. The Morgan fingerprint density at radius 1 is 1.40 bits per heavy atom. The van der Waals surface area contributed by atoms with Gasteiger partial charge in [0.25, 0.3) is 0 Å². The Hall–Kier alpha value is -1.58. The molecule has 0 fully saturated rings. The van der Waals surface area contributed by atoms with Crippen LogP contribution in [0.2, 0.25) is 0 Å². The van der Waals surface area contributed by atoms with Gasteiger partial charge < -0.3 is 4.98 Å². The van der Waals surface area contributed by atoms with E-state index in [-0.39, 0.29) is 5.75 Å². The first-order valence-corrected chi connectivity index (χ1v) is 2.83. The molecule has 2 aromatic rings. The Morgan fingerprint density at radius 3 is 3.10 bits per heavy atom. The SMILES string of the molecule is [O]c1ccnc2nc[nH]c12. The molecule has 1 radical (unpaired) electrons. The largest absolute Gasteiger partial charge is 0.340 e. The lowest BCUT2D eigenvalue weighted by Crippen LogP contribution is -1.73. The summed E-state index contributed by atoms with van der Waals surface area (Å²) in [5, 5.41) is 10.9. The Bertz CT molecular complexity index is 355. The van der Waals surface area contributed by atoms with Crippen LogP contribution in [0.5, 0.6) is 5.75 Å². The molecule has 2 rings (SSSR count). The topological polar surface area (TPSA) is 61.5 Å². The fraction of sp³-hybridized carbons (Fsp3) is 0. The second-order valence-electron chi connectivity index (χ2n) is 1.91. The van der Waals surface area contributed by atoms with Gasteiger partial charge in [-0.15, -0.1) is 0 Å². The number of hydrogen-bond donors (Lipinski definition) is 1. The molecule has 0 spiro atoms.